The number of nitrogens with one attached hydrogen (secondary N) is 1. The maximum atomic E-state index is 9.67. The molecular formula is C7H14N2O2. The fourth-order valence-electron chi connectivity index (χ4n) is 1.84. The maximum absolute atomic E-state index is 9.67. The molecular weight excluding hydrogens is 144 g/mol. The third-order valence-electron chi connectivity index (χ3n) is 2.34. The van der Waals surface area contributed by atoms with Crippen molar-refractivity contribution in [1.29, 1.82) is 0 Å². The second kappa shape index (κ2) is 2.42. The van der Waals surface area contributed by atoms with Gasteiger partial charge >= 0.3 is 0 Å². The van der Waals surface area contributed by atoms with Crippen molar-refractivity contribution in [3.8, 4) is 0 Å². The van der Waals surface area contributed by atoms with E-state index in [-0.39, 0.29) is 0 Å². The first kappa shape index (κ1) is 7.49. The summed E-state index contributed by atoms with van der Waals surface area (Å²) in [6.45, 7) is 3.35. The fourth-order valence-corrected chi connectivity index (χ4v) is 1.84. The van der Waals surface area contributed by atoms with Crippen LogP contribution < -0.4 is 5.32 Å². The number of hydrogen-bond donors (Lipinski definition) is 2. The summed E-state index contributed by atoms with van der Waals surface area (Å²) in [5.74, 6) is 0. The highest BCUT2D eigenvalue weighted by Gasteiger charge is 2.53. The van der Waals surface area contributed by atoms with Crippen LogP contribution in [0.4, 0.5) is 0 Å². The normalized spacial score (nSPS) is 43.6. The Hall–Kier alpha value is -0.160. The average molecular weight is 158 g/mol. The largest absolute Gasteiger partial charge is 0.340 e. The first-order chi connectivity index (χ1) is 5.26. The van der Waals surface area contributed by atoms with Crippen molar-refractivity contribution >= 4 is 0 Å². The summed E-state index contributed by atoms with van der Waals surface area (Å²) in [6.07, 6.45) is 2.62. The first-order valence-electron chi connectivity index (χ1n) is 4.17. The minimum atomic E-state index is -1.14. The van der Waals surface area contributed by atoms with Crippen LogP contribution in [-0.4, -0.2) is 35.4 Å². The van der Waals surface area contributed by atoms with E-state index in [0.717, 1.165) is 19.4 Å². The van der Waals surface area contributed by atoms with Crippen molar-refractivity contribution in [2.24, 2.45) is 0 Å². The average Bonchev–Trinajstić information content (AvgIpc) is 2.32. The molecule has 2 fully saturated rings. The van der Waals surface area contributed by atoms with Gasteiger partial charge in [-0.1, -0.05) is 0 Å². The summed E-state index contributed by atoms with van der Waals surface area (Å²) in [6, 6.07) is -1.14. The Labute approximate surface area is 66.1 Å². The van der Waals surface area contributed by atoms with Crippen molar-refractivity contribution in [2.45, 2.75) is 32.0 Å². The first-order valence-corrected chi connectivity index (χ1v) is 4.17. The van der Waals surface area contributed by atoms with Crippen LogP contribution in [0.1, 0.15) is 19.8 Å². The number of aliphatic hydroxyl groups is 1. The van der Waals surface area contributed by atoms with Crippen molar-refractivity contribution in [3.63, 3.8) is 0 Å². The molecule has 2 saturated heterocycles. The molecule has 0 bridgehead atoms. The van der Waals surface area contributed by atoms with E-state index < -0.39 is 6.03 Å². The summed E-state index contributed by atoms with van der Waals surface area (Å²) < 4.78 is 5.15. The van der Waals surface area contributed by atoms with Crippen LogP contribution in [0.25, 0.3) is 0 Å². The van der Waals surface area contributed by atoms with Crippen LogP contribution in [0.5, 0.6) is 0 Å². The summed E-state index contributed by atoms with van der Waals surface area (Å²) in [4.78, 5) is 1.95. The monoisotopic (exact) mass is 158 g/mol. The van der Waals surface area contributed by atoms with Crippen LogP contribution in [-0.2, 0) is 4.74 Å². The highest BCUT2D eigenvalue weighted by molar-refractivity contribution is 4.92. The van der Waals surface area contributed by atoms with E-state index in [1.165, 1.54) is 0 Å². The zero-order valence-corrected chi connectivity index (χ0v) is 6.71. The summed E-state index contributed by atoms with van der Waals surface area (Å²) in [7, 11) is 0. The van der Waals surface area contributed by atoms with Gasteiger partial charge in [-0.3, -0.25) is 0 Å². The lowest BCUT2D eigenvalue weighted by atomic mass is 10.3. The van der Waals surface area contributed by atoms with E-state index >= 15 is 0 Å². The van der Waals surface area contributed by atoms with Crippen molar-refractivity contribution in [1.82, 2.24) is 10.2 Å². The lowest BCUT2D eigenvalue weighted by molar-refractivity contribution is -0.379. The van der Waals surface area contributed by atoms with E-state index in [9.17, 15) is 5.11 Å². The Morgan fingerprint density at radius 3 is 3.27 bits per heavy atom. The maximum Gasteiger partial charge on any atom is 0.294 e. The molecule has 64 valence electrons. The van der Waals surface area contributed by atoms with Gasteiger partial charge in [0.25, 0.3) is 6.03 Å². The molecule has 2 aliphatic heterocycles. The molecule has 0 saturated carbocycles. The van der Waals surface area contributed by atoms with Crippen molar-refractivity contribution in [3.05, 3.63) is 0 Å². The quantitative estimate of drug-likeness (QED) is 0.539. The molecule has 2 atom stereocenters. The molecule has 0 aromatic rings. The lowest BCUT2D eigenvalue weighted by Gasteiger charge is -2.50. The molecule has 2 rings (SSSR count). The molecule has 0 radical (unpaired) electrons. The second-order valence-electron chi connectivity index (χ2n) is 3.04. The molecule has 11 heavy (non-hydrogen) atoms. The number of ether oxygens (including phenoxy) is 1. The fraction of sp³-hybridized carbons (Fsp3) is 1.00. The standard InChI is InChI=1S/C7H14N2O2/c1-2-11-7(10)8-6-4-3-5-9(6)7/h6,8,10H,2-5H2,1H3. The SMILES string of the molecule is CCOC1(O)NC2CCCN21. The second-order valence-corrected chi connectivity index (χ2v) is 3.04. The Kier molecular flexibility index (Phi) is 1.64. The summed E-state index contributed by atoms with van der Waals surface area (Å²) >= 11 is 0. The molecule has 2 heterocycles. The number of rotatable bonds is 2. The molecule has 0 aliphatic carbocycles. The van der Waals surface area contributed by atoms with Gasteiger partial charge in [-0.05, 0) is 19.8 Å². The van der Waals surface area contributed by atoms with Gasteiger partial charge in [0.1, 0.15) is 0 Å². The van der Waals surface area contributed by atoms with Gasteiger partial charge in [-0.2, -0.15) is 0 Å². The van der Waals surface area contributed by atoms with E-state index in [0.29, 0.717) is 12.8 Å². The van der Waals surface area contributed by atoms with Gasteiger partial charge in [0.2, 0.25) is 0 Å². The third-order valence-corrected chi connectivity index (χ3v) is 2.34. The molecule has 0 aromatic carbocycles. The van der Waals surface area contributed by atoms with Gasteiger partial charge < -0.3 is 9.84 Å². The predicted octanol–water partition coefficient (Wildman–Crippen LogP) is -0.348. The number of hydrogen-bond acceptors (Lipinski definition) is 4. The van der Waals surface area contributed by atoms with Gasteiger partial charge in [0.15, 0.2) is 0 Å². The lowest BCUT2D eigenvalue weighted by Crippen LogP contribution is -2.77. The zero-order chi connectivity index (χ0) is 7.90. The summed E-state index contributed by atoms with van der Waals surface area (Å²) in [5.41, 5.74) is 0. The Bertz CT molecular complexity index is 165. The Balaban J connectivity index is 1.97. The van der Waals surface area contributed by atoms with Crippen LogP contribution >= 0.6 is 0 Å². The van der Waals surface area contributed by atoms with Crippen molar-refractivity contribution in [2.75, 3.05) is 13.2 Å². The molecule has 0 aromatic heterocycles. The van der Waals surface area contributed by atoms with Crippen molar-refractivity contribution < 1.29 is 9.84 Å². The van der Waals surface area contributed by atoms with Crippen LogP contribution in [0, 0.1) is 0 Å². The number of fused-ring (bicyclic) bond motifs is 1. The van der Waals surface area contributed by atoms with Gasteiger partial charge in [0.05, 0.1) is 6.17 Å². The van der Waals surface area contributed by atoms with Crippen LogP contribution in [0.2, 0.25) is 0 Å². The minimum absolute atomic E-state index is 0.353. The topological polar surface area (TPSA) is 44.7 Å². The molecule has 4 nitrogen and oxygen atoms in total. The summed E-state index contributed by atoms with van der Waals surface area (Å²) in [5, 5.41) is 12.7. The van der Waals surface area contributed by atoms with E-state index in [2.05, 4.69) is 5.32 Å². The highest BCUT2D eigenvalue weighted by atomic mass is 16.7. The van der Waals surface area contributed by atoms with Gasteiger partial charge in [-0.25, -0.2) is 10.2 Å². The predicted molar refractivity (Wildman–Crippen MR) is 39.4 cm³/mol. The van der Waals surface area contributed by atoms with Crippen LogP contribution in [0.15, 0.2) is 0 Å². The molecule has 2 N–H and O–H groups in total. The molecule has 0 amide bonds. The third kappa shape index (κ3) is 0.980. The minimum Gasteiger partial charge on any atom is -0.340 e. The van der Waals surface area contributed by atoms with Gasteiger partial charge in [-0.15, -0.1) is 0 Å². The zero-order valence-electron chi connectivity index (χ0n) is 6.71. The van der Waals surface area contributed by atoms with E-state index in [1.54, 1.807) is 0 Å². The van der Waals surface area contributed by atoms with E-state index in [4.69, 9.17) is 4.74 Å². The molecule has 4 heteroatoms. The Morgan fingerprint density at radius 1 is 1.82 bits per heavy atom. The molecule has 2 aliphatic rings. The molecule has 2 unspecified atom stereocenters. The van der Waals surface area contributed by atoms with E-state index in [1.807, 2.05) is 11.8 Å². The highest BCUT2D eigenvalue weighted by Crippen LogP contribution is 2.32. The van der Waals surface area contributed by atoms with Crippen LogP contribution in [0.3, 0.4) is 0 Å². The number of nitrogens with zero attached hydrogens (tertiary/aromatic N) is 1. The molecule has 0 spiro atoms. The van der Waals surface area contributed by atoms with Gasteiger partial charge in [0, 0.05) is 13.2 Å². The Morgan fingerprint density at radius 2 is 2.64 bits per heavy atom. The smallest absolute Gasteiger partial charge is 0.294 e.